The lowest BCUT2D eigenvalue weighted by molar-refractivity contribution is 0.0459. The number of ether oxygens (including phenoxy) is 1. The average molecular weight is 263 g/mol. The highest BCUT2D eigenvalue weighted by molar-refractivity contribution is 5.52. The second kappa shape index (κ2) is 7.46. The number of rotatable bonds is 6. The van der Waals surface area contributed by atoms with Gasteiger partial charge in [-0.3, -0.25) is 4.98 Å². The van der Waals surface area contributed by atoms with Crippen LogP contribution in [-0.2, 0) is 11.3 Å². The predicted molar refractivity (Wildman–Crippen MR) is 78.5 cm³/mol. The summed E-state index contributed by atoms with van der Waals surface area (Å²) in [7, 11) is 0. The van der Waals surface area contributed by atoms with Gasteiger partial charge in [-0.1, -0.05) is 6.92 Å². The molecule has 0 aromatic carbocycles. The van der Waals surface area contributed by atoms with Crippen LogP contribution in [0.25, 0.3) is 0 Å². The molecule has 1 aromatic heterocycles. The van der Waals surface area contributed by atoms with E-state index >= 15 is 0 Å². The SMILES string of the molecule is CCNCc1ccncc1N1CCC(OCC)CC1. The van der Waals surface area contributed by atoms with Crippen LogP contribution in [0.1, 0.15) is 32.3 Å². The number of nitrogens with one attached hydrogen (secondary N) is 1. The van der Waals surface area contributed by atoms with E-state index in [9.17, 15) is 0 Å². The van der Waals surface area contributed by atoms with Gasteiger partial charge in [0.05, 0.1) is 18.0 Å². The number of piperidine rings is 1. The zero-order valence-electron chi connectivity index (χ0n) is 12.1. The Morgan fingerprint density at radius 2 is 2.16 bits per heavy atom. The van der Waals surface area contributed by atoms with Crippen LogP contribution >= 0.6 is 0 Å². The number of nitrogens with zero attached hydrogens (tertiary/aromatic N) is 2. The van der Waals surface area contributed by atoms with E-state index in [1.807, 2.05) is 12.4 Å². The first-order chi connectivity index (χ1) is 9.35. The molecule has 0 atom stereocenters. The lowest BCUT2D eigenvalue weighted by Gasteiger charge is -2.34. The van der Waals surface area contributed by atoms with Crippen molar-refractivity contribution in [3.05, 3.63) is 24.0 Å². The molecule has 1 aromatic rings. The van der Waals surface area contributed by atoms with E-state index < -0.39 is 0 Å². The summed E-state index contributed by atoms with van der Waals surface area (Å²) in [6.45, 7) is 9.07. The van der Waals surface area contributed by atoms with Gasteiger partial charge >= 0.3 is 0 Å². The second-order valence-electron chi connectivity index (χ2n) is 4.93. The summed E-state index contributed by atoms with van der Waals surface area (Å²) in [6, 6.07) is 2.12. The van der Waals surface area contributed by atoms with Crippen molar-refractivity contribution in [3.8, 4) is 0 Å². The van der Waals surface area contributed by atoms with Crippen LogP contribution in [0.2, 0.25) is 0 Å². The summed E-state index contributed by atoms with van der Waals surface area (Å²) >= 11 is 0. The summed E-state index contributed by atoms with van der Waals surface area (Å²) in [4.78, 5) is 6.72. The third-order valence-electron chi connectivity index (χ3n) is 3.64. The van der Waals surface area contributed by atoms with Crippen LogP contribution in [0.5, 0.6) is 0 Å². The Balaban J connectivity index is 1.98. The Morgan fingerprint density at radius 1 is 1.37 bits per heavy atom. The smallest absolute Gasteiger partial charge is 0.0608 e. The first-order valence-electron chi connectivity index (χ1n) is 7.35. The zero-order valence-corrected chi connectivity index (χ0v) is 12.1. The van der Waals surface area contributed by atoms with Crippen molar-refractivity contribution in [2.24, 2.45) is 0 Å². The van der Waals surface area contributed by atoms with Gasteiger partial charge in [0.15, 0.2) is 0 Å². The first kappa shape index (κ1) is 14.3. The minimum absolute atomic E-state index is 0.440. The molecule has 0 spiro atoms. The van der Waals surface area contributed by atoms with Gasteiger partial charge in [0.2, 0.25) is 0 Å². The van der Waals surface area contributed by atoms with Crippen LogP contribution in [0.15, 0.2) is 18.5 Å². The summed E-state index contributed by atoms with van der Waals surface area (Å²) in [5.41, 5.74) is 2.62. The zero-order chi connectivity index (χ0) is 13.5. The van der Waals surface area contributed by atoms with Crippen molar-refractivity contribution >= 4 is 5.69 Å². The normalized spacial score (nSPS) is 16.8. The highest BCUT2D eigenvalue weighted by Gasteiger charge is 2.21. The van der Waals surface area contributed by atoms with E-state index in [0.29, 0.717) is 6.10 Å². The molecule has 106 valence electrons. The molecule has 0 bridgehead atoms. The molecule has 1 fully saturated rings. The maximum absolute atomic E-state index is 5.71. The second-order valence-corrected chi connectivity index (χ2v) is 4.93. The fraction of sp³-hybridized carbons (Fsp3) is 0.667. The Labute approximate surface area is 116 Å². The molecule has 4 nitrogen and oxygen atoms in total. The van der Waals surface area contributed by atoms with Crippen LogP contribution in [0.3, 0.4) is 0 Å². The largest absolute Gasteiger partial charge is 0.378 e. The molecule has 0 radical (unpaired) electrons. The van der Waals surface area contributed by atoms with E-state index in [2.05, 4.69) is 35.1 Å². The van der Waals surface area contributed by atoms with Crippen molar-refractivity contribution in [3.63, 3.8) is 0 Å². The number of hydrogen-bond acceptors (Lipinski definition) is 4. The maximum Gasteiger partial charge on any atom is 0.0608 e. The summed E-state index contributed by atoms with van der Waals surface area (Å²) in [5.74, 6) is 0. The molecule has 4 heteroatoms. The first-order valence-corrected chi connectivity index (χ1v) is 7.35. The molecular formula is C15H25N3O. The Hall–Kier alpha value is -1.13. The number of pyridine rings is 1. The fourth-order valence-corrected chi connectivity index (χ4v) is 2.61. The molecule has 0 aliphatic carbocycles. The molecule has 2 heterocycles. The Bertz CT molecular complexity index is 375. The van der Waals surface area contributed by atoms with E-state index in [4.69, 9.17) is 4.74 Å². The number of anilines is 1. The Morgan fingerprint density at radius 3 is 2.84 bits per heavy atom. The third-order valence-corrected chi connectivity index (χ3v) is 3.64. The maximum atomic E-state index is 5.71. The van der Waals surface area contributed by atoms with Gasteiger partial charge in [-0.25, -0.2) is 0 Å². The van der Waals surface area contributed by atoms with Crippen molar-refractivity contribution in [2.45, 2.75) is 39.3 Å². The lowest BCUT2D eigenvalue weighted by atomic mass is 10.1. The topological polar surface area (TPSA) is 37.4 Å². The van der Waals surface area contributed by atoms with Crippen LogP contribution in [-0.4, -0.2) is 37.3 Å². The van der Waals surface area contributed by atoms with Crippen molar-refractivity contribution in [1.82, 2.24) is 10.3 Å². The fourth-order valence-electron chi connectivity index (χ4n) is 2.61. The molecule has 1 N–H and O–H groups in total. The summed E-state index contributed by atoms with van der Waals surface area (Å²) in [6.07, 6.45) is 6.54. The lowest BCUT2D eigenvalue weighted by Crippen LogP contribution is -2.37. The molecule has 0 saturated carbocycles. The number of hydrogen-bond donors (Lipinski definition) is 1. The highest BCUT2D eigenvalue weighted by Crippen LogP contribution is 2.24. The monoisotopic (exact) mass is 263 g/mol. The molecule has 1 aliphatic rings. The molecule has 2 rings (SSSR count). The molecule has 0 amide bonds. The van der Waals surface area contributed by atoms with Crippen molar-refractivity contribution in [1.29, 1.82) is 0 Å². The van der Waals surface area contributed by atoms with Gasteiger partial charge < -0.3 is 15.0 Å². The van der Waals surface area contributed by atoms with Crippen LogP contribution in [0, 0.1) is 0 Å². The molecule has 1 aliphatic heterocycles. The minimum atomic E-state index is 0.440. The van der Waals surface area contributed by atoms with Gasteiger partial charge in [-0.2, -0.15) is 0 Å². The van der Waals surface area contributed by atoms with Crippen LogP contribution < -0.4 is 10.2 Å². The van der Waals surface area contributed by atoms with E-state index in [-0.39, 0.29) is 0 Å². The van der Waals surface area contributed by atoms with Gasteiger partial charge in [0.25, 0.3) is 0 Å². The standard InChI is InChI=1S/C15H25N3O/c1-3-16-11-13-5-8-17-12-15(13)18-9-6-14(7-10-18)19-4-2/h5,8,12,14,16H,3-4,6-7,9-11H2,1-2H3. The van der Waals surface area contributed by atoms with Gasteiger partial charge in [-0.15, -0.1) is 0 Å². The molecule has 19 heavy (non-hydrogen) atoms. The van der Waals surface area contributed by atoms with Gasteiger partial charge in [0, 0.05) is 32.4 Å². The summed E-state index contributed by atoms with van der Waals surface area (Å²) in [5, 5.41) is 3.39. The van der Waals surface area contributed by atoms with E-state index in [1.165, 1.54) is 11.3 Å². The number of aromatic nitrogens is 1. The average Bonchev–Trinajstić information content (AvgIpc) is 2.47. The van der Waals surface area contributed by atoms with E-state index in [1.54, 1.807) is 0 Å². The quantitative estimate of drug-likeness (QED) is 0.854. The summed E-state index contributed by atoms with van der Waals surface area (Å²) < 4.78 is 5.71. The highest BCUT2D eigenvalue weighted by atomic mass is 16.5. The molecular weight excluding hydrogens is 238 g/mol. The minimum Gasteiger partial charge on any atom is -0.378 e. The van der Waals surface area contributed by atoms with E-state index in [0.717, 1.165) is 45.6 Å². The Kier molecular flexibility index (Phi) is 5.61. The van der Waals surface area contributed by atoms with Crippen molar-refractivity contribution < 1.29 is 4.74 Å². The predicted octanol–water partition coefficient (Wildman–Crippen LogP) is 2.20. The van der Waals surface area contributed by atoms with Gasteiger partial charge in [-0.05, 0) is 37.9 Å². The molecule has 1 saturated heterocycles. The molecule has 0 unspecified atom stereocenters. The third kappa shape index (κ3) is 3.91. The van der Waals surface area contributed by atoms with Gasteiger partial charge in [0.1, 0.15) is 0 Å². The van der Waals surface area contributed by atoms with Crippen molar-refractivity contribution in [2.75, 3.05) is 31.1 Å². The van der Waals surface area contributed by atoms with Crippen LogP contribution in [0.4, 0.5) is 5.69 Å².